The van der Waals surface area contributed by atoms with E-state index in [0.29, 0.717) is 19.5 Å². The maximum atomic E-state index is 12.7. The number of piperidine rings is 1. The quantitative estimate of drug-likeness (QED) is 0.643. The fraction of sp³-hybridized carbons (Fsp3) is 0.529. The number of sulfonamides is 1. The maximum absolute atomic E-state index is 12.7. The Balaban J connectivity index is 1.88. The van der Waals surface area contributed by atoms with Crippen molar-refractivity contribution in [2.75, 3.05) is 29.7 Å². The highest BCUT2D eigenvalue weighted by molar-refractivity contribution is 7.93. The third kappa shape index (κ3) is 3.28. The number of imidazole rings is 1. The van der Waals surface area contributed by atoms with Crippen LogP contribution in [-0.4, -0.2) is 74.7 Å². The Labute approximate surface area is 171 Å². The van der Waals surface area contributed by atoms with E-state index in [0.717, 1.165) is 28.0 Å². The molecule has 2 aromatic heterocycles. The predicted molar refractivity (Wildman–Crippen MR) is 104 cm³/mol. The first-order valence-corrected chi connectivity index (χ1v) is 11.2. The molecule has 0 aromatic carbocycles. The Morgan fingerprint density at radius 3 is 2.40 bits per heavy atom. The molecular formula is C17H21N5O7S. The summed E-state index contributed by atoms with van der Waals surface area (Å²) in [5.41, 5.74) is -1.97. The lowest BCUT2D eigenvalue weighted by Crippen LogP contribution is -2.37. The monoisotopic (exact) mass is 439 g/mol. The second-order valence-corrected chi connectivity index (χ2v) is 9.37. The van der Waals surface area contributed by atoms with Crippen molar-refractivity contribution in [1.82, 2.24) is 18.9 Å². The van der Waals surface area contributed by atoms with Crippen LogP contribution in [0.25, 0.3) is 5.78 Å². The largest absolute Gasteiger partial charge is 0.501 e. The van der Waals surface area contributed by atoms with E-state index in [1.54, 1.807) is 4.90 Å². The molecule has 2 aliphatic heterocycles. The molecule has 2 fully saturated rings. The van der Waals surface area contributed by atoms with Crippen LogP contribution in [0.1, 0.15) is 36.2 Å². The van der Waals surface area contributed by atoms with Crippen LogP contribution in [0.2, 0.25) is 0 Å². The summed E-state index contributed by atoms with van der Waals surface area (Å²) in [5.74, 6) is -3.37. The van der Waals surface area contributed by atoms with E-state index in [2.05, 4.69) is 4.98 Å². The zero-order chi connectivity index (χ0) is 21.6. The van der Waals surface area contributed by atoms with Crippen molar-refractivity contribution in [2.45, 2.75) is 32.2 Å². The number of aromatic hydroxyl groups is 1. The van der Waals surface area contributed by atoms with Crippen LogP contribution >= 0.6 is 0 Å². The summed E-state index contributed by atoms with van der Waals surface area (Å²) in [6, 6.07) is 0. The molecule has 0 atom stereocenters. The summed E-state index contributed by atoms with van der Waals surface area (Å²) in [6.45, 7) is 1.07. The van der Waals surface area contributed by atoms with Gasteiger partial charge in [-0.3, -0.25) is 13.9 Å². The minimum Gasteiger partial charge on any atom is -0.501 e. The van der Waals surface area contributed by atoms with Crippen LogP contribution < -0.4 is 9.86 Å². The molecule has 4 heterocycles. The lowest BCUT2D eigenvalue weighted by molar-refractivity contribution is -0.132. The molecule has 13 heteroatoms. The van der Waals surface area contributed by atoms with Crippen LogP contribution in [0, 0.1) is 0 Å². The van der Waals surface area contributed by atoms with Gasteiger partial charge in [0.25, 0.3) is 0 Å². The lowest BCUT2D eigenvalue weighted by atomic mass is 10.1. The normalized spacial score (nSPS) is 18.8. The third-order valence-electron chi connectivity index (χ3n) is 5.37. The summed E-state index contributed by atoms with van der Waals surface area (Å²) in [6.07, 6.45) is 4.43. The average Bonchev–Trinajstić information content (AvgIpc) is 3.24. The third-order valence-corrected chi connectivity index (χ3v) is 7.22. The number of likely N-dealkylation sites (tertiary alicyclic amines) is 1. The number of carboxylic acids is 1. The Hall–Kier alpha value is -3.09. The first kappa shape index (κ1) is 20.2. The van der Waals surface area contributed by atoms with Gasteiger partial charge in [-0.25, -0.2) is 22.6 Å². The maximum Gasteiger partial charge on any atom is 0.358 e. The van der Waals surface area contributed by atoms with Gasteiger partial charge in [0, 0.05) is 19.6 Å². The van der Waals surface area contributed by atoms with Gasteiger partial charge < -0.3 is 19.7 Å². The molecule has 30 heavy (non-hydrogen) atoms. The van der Waals surface area contributed by atoms with E-state index < -0.39 is 33.0 Å². The second-order valence-electron chi connectivity index (χ2n) is 7.35. The fourth-order valence-corrected chi connectivity index (χ4v) is 5.42. The van der Waals surface area contributed by atoms with Gasteiger partial charge in [-0.05, 0) is 25.7 Å². The number of carboxylic acid groups (broad SMARTS) is 1. The van der Waals surface area contributed by atoms with E-state index >= 15 is 0 Å². The van der Waals surface area contributed by atoms with Gasteiger partial charge in [0.2, 0.25) is 27.5 Å². The summed E-state index contributed by atoms with van der Waals surface area (Å²) < 4.78 is 27.9. The van der Waals surface area contributed by atoms with E-state index in [9.17, 15) is 33.0 Å². The van der Waals surface area contributed by atoms with Gasteiger partial charge in [-0.15, -0.1) is 0 Å². The lowest BCUT2D eigenvalue weighted by Gasteiger charge is -2.26. The number of aromatic carboxylic acids is 1. The van der Waals surface area contributed by atoms with Gasteiger partial charge in [0.1, 0.15) is 12.4 Å². The molecule has 0 saturated carbocycles. The van der Waals surface area contributed by atoms with E-state index in [4.69, 9.17) is 0 Å². The summed E-state index contributed by atoms with van der Waals surface area (Å²) in [5, 5.41) is 19.3. The first-order valence-electron chi connectivity index (χ1n) is 9.57. The van der Waals surface area contributed by atoms with Gasteiger partial charge >= 0.3 is 11.5 Å². The van der Waals surface area contributed by atoms with Crippen LogP contribution in [0.15, 0.2) is 11.0 Å². The van der Waals surface area contributed by atoms with Crippen molar-refractivity contribution in [2.24, 2.45) is 0 Å². The number of fused-ring (bicyclic) bond motifs is 1. The molecular weight excluding hydrogens is 418 g/mol. The van der Waals surface area contributed by atoms with Crippen LogP contribution in [0.5, 0.6) is 5.75 Å². The minimum atomic E-state index is -3.68. The van der Waals surface area contributed by atoms with Gasteiger partial charge in [-0.2, -0.15) is 0 Å². The van der Waals surface area contributed by atoms with Gasteiger partial charge in [-0.1, -0.05) is 0 Å². The topological polar surface area (TPSA) is 155 Å². The number of hydrogen-bond acceptors (Lipinski definition) is 7. The number of amides is 1. The summed E-state index contributed by atoms with van der Waals surface area (Å²) in [4.78, 5) is 42.4. The van der Waals surface area contributed by atoms with Crippen LogP contribution in [0.4, 0.5) is 5.82 Å². The number of rotatable bonds is 4. The first-order chi connectivity index (χ1) is 14.2. The minimum absolute atomic E-state index is 0.0846. The van der Waals surface area contributed by atoms with Crippen molar-refractivity contribution < 1.29 is 28.2 Å². The van der Waals surface area contributed by atoms with E-state index in [-0.39, 0.29) is 36.3 Å². The number of anilines is 1. The Bertz CT molecular complexity index is 1190. The fourth-order valence-electron chi connectivity index (χ4n) is 3.88. The molecule has 162 valence electrons. The molecule has 2 aromatic rings. The SMILES string of the molecule is O=C(O)c1nc2n(CC(=O)N3CCCCC3)cc(N3CCCS3(=O)=O)n2c(=O)c1O. The zero-order valence-electron chi connectivity index (χ0n) is 16.0. The highest BCUT2D eigenvalue weighted by Gasteiger charge is 2.33. The Morgan fingerprint density at radius 2 is 1.80 bits per heavy atom. The van der Waals surface area contributed by atoms with E-state index in [1.165, 1.54) is 10.8 Å². The summed E-state index contributed by atoms with van der Waals surface area (Å²) >= 11 is 0. The van der Waals surface area contributed by atoms with Crippen LogP contribution in [0.3, 0.4) is 0 Å². The zero-order valence-corrected chi connectivity index (χ0v) is 16.8. The van der Waals surface area contributed by atoms with Crippen molar-refractivity contribution in [3.05, 3.63) is 22.2 Å². The molecule has 0 unspecified atom stereocenters. The number of carbonyl (C=O) groups is 2. The molecule has 0 aliphatic carbocycles. The van der Waals surface area contributed by atoms with Crippen molar-refractivity contribution in [1.29, 1.82) is 0 Å². The molecule has 0 radical (unpaired) electrons. The molecule has 1 amide bonds. The Kier molecular flexibility index (Phi) is 4.92. The molecule has 2 aliphatic rings. The standard InChI is InChI=1S/C17H21N5O7S/c23-12(19-5-2-1-3-6-19)10-20-9-11(21-7-4-8-30(21,28)29)22-15(25)14(24)13(16(26)27)18-17(20)22/h9,24H,1-8,10H2,(H,26,27). The number of hydrogen-bond donors (Lipinski definition) is 2. The van der Waals surface area contributed by atoms with Crippen molar-refractivity contribution >= 4 is 33.5 Å². The van der Waals surface area contributed by atoms with E-state index in [1.807, 2.05) is 0 Å². The smallest absolute Gasteiger partial charge is 0.358 e. The molecule has 0 spiro atoms. The second kappa shape index (κ2) is 7.31. The number of aromatic nitrogens is 3. The van der Waals surface area contributed by atoms with Crippen LogP contribution in [-0.2, 0) is 21.4 Å². The molecule has 2 N–H and O–H groups in total. The van der Waals surface area contributed by atoms with Gasteiger partial charge in [0.15, 0.2) is 5.69 Å². The summed E-state index contributed by atoms with van der Waals surface area (Å²) in [7, 11) is -3.68. The predicted octanol–water partition coefficient (Wildman–Crippen LogP) is -0.548. The average molecular weight is 439 g/mol. The molecule has 4 rings (SSSR count). The number of nitrogens with zero attached hydrogens (tertiary/aromatic N) is 5. The Morgan fingerprint density at radius 1 is 1.10 bits per heavy atom. The van der Waals surface area contributed by atoms with Crippen molar-refractivity contribution in [3.8, 4) is 5.75 Å². The van der Waals surface area contributed by atoms with Gasteiger partial charge in [0.05, 0.1) is 11.9 Å². The van der Waals surface area contributed by atoms with Crippen molar-refractivity contribution in [3.63, 3.8) is 0 Å². The molecule has 12 nitrogen and oxygen atoms in total. The molecule has 0 bridgehead atoms. The number of carbonyl (C=O) groups excluding carboxylic acids is 1. The highest BCUT2D eigenvalue weighted by Crippen LogP contribution is 2.26. The highest BCUT2D eigenvalue weighted by atomic mass is 32.2. The molecule has 2 saturated heterocycles.